The molecule has 5 nitrogen and oxygen atoms in total. The van der Waals surface area contributed by atoms with Gasteiger partial charge in [0.15, 0.2) is 0 Å². The van der Waals surface area contributed by atoms with Crippen molar-refractivity contribution in [1.29, 1.82) is 0 Å². The molecule has 0 unspecified atom stereocenters. The van der Waals surface area contributed by atoms with Gasteiger partial charge in [0.25, 0.3) is 0 Å². The first-order valence-electron chi connectivity index (χ1n) is 19.1. The van der Waals surface area contributed by atoms with Crippen LogP contribution in [0, 0.1) is 12.1 Å². The second-order valence-corrected chi connectivity index (χ2v) is 15.9. The van der Waals surface area contributed by atoms with Crippen LogP contribution in [0.1, 0.15) is 62.8 Å². The van der Waals surface area contributed by atoms with Gasteiger partial charge in [-0.05, 0) is 82.5 Å². The molecule has 0 saturated heterocycles. The van der Waals surface area contributed by atoms with E-state index in [-0.39, 0.29) is 32.5 Å². The summed E-state index contributed by atoms with van der Waals surface area (Å²) in [6.07, 6.45) is 6.03. The van der Waals surface area contributed by atoms with Crippen molar-refractivity contribution in [1.82, 2.24) is 19.0 Å². The summed E-state index contributed by atoms with van der Waals surface area (Å²) in [5.41, 5.74) is 14.1. The summed E-state index contributed by atoms with van der Waals surface area (Å²) < 4.78 is 4.66. The van der Waals surface area contributed by atoms with E-state index in [0.29, 0.717) is 5.92 Å². The van der Waals surface area contributed by atoms with Crippen molar-refractivity contribution < 1.29 is 20.1 Å². The molecule has 0 fully saturated rings. The van der Waals surface area contributed by atoms with Crippen LogP contribution in [0.15, 0.2) is 128 Å². The van der Waals surface area contributed by atoms with E-state index in [4.69, 9.17) is 4.98 Å². The van der Waals surface area contributed by atoms with E-state index in [1.807, 2.05) is 24.4 Å². The first kappa shape index (κ1) is 36.7. The third-order valence-electron chi connectivity index (χ3n) is 11.2. The summed E-state index contributed by atoms with van der Waals surface area (Å²) in [7, 11) is 2.22. The van der Waals surface area contributed by atoms with E-state index in [1.54, 1.807) is 0 Å². The maximum absolute atomic E-state index is 4.96. The van der Waals surface area contributed by atoms with Gasteiger partial charge in [-0.2, -0.15) is 24.3 Å². The Labute approximate surface area is 338 Å². The summed E-state index contributed by atoms with van der Waals surface area (Å²) in [5, 5.41) is 2.45. The third-order valence-corrected chi connectivity index (χ3v) is 11.2. The van der Waals surface area contributed by atoms with Crippen molar-refractivity contribution in [2.45, 2.75) is 58.8 Å². The molecule has 0 amide bonds. The quantitative estimate of drug-likeness (QED) is 0.128. The molecule has 10 rings (SSSR count). The molecule has 0 saturated carbocycles. The van der Waals surface area contributed by atoms with E-state index >= 15 is 0 Å². The minimum atomic E-state index is 0. The van der Waals surface area contributed by atoms with Crippen LogP contribution in [0.3, 0.4) is 0 Å². The smallest absolute Gasteiger partial charge is 0.399 e. The minimum Gasteiger partial charge on any atom is -0.436 e. The fourth-order valence-corrected chi connectivity index (χ4v) is 8.54. The topological polar surface area (TPSA) is 38.9 Å². The number of rotatable bonds is 2. The average Bonchev–Trinajstić information content (AvgIpc) is 3.78. The van der Waals surface area contributed by atoms with E-state index in [2.05, 4.69) is 176 Å². The predicted molar refractivity (Wildman–Crippen MR) is 225 cm³/mol. The molecular weight excluding hydrogens is 850 g/mol. The molecule has 7 heteroatoms. The summed E-state index contributed by atoms with van der Waals surface area (Å²) in [4.78, 5) is 12.0. The van der Waals surface area contributed by atoms with Gasteiger partial charge in [0, 0.05) is 55.1 Å². The molecule has 3 aromatic heterocycles. The van der Waals surface area contributed by atoms with Crippen LogP contribution in [-0.4, -0.2) is 33.0 Å². The van der Waals surface area contributed by atoms with Crippen LogP contribution in [-0.2, 0) is 38.4 Å². The SMILES string of the molecule is CC(C)(C)c1ccnc(-n2c3[c-]cccc3c3ccccc32)c1.CC(C)c1cccc2c1B1N(C)c3ccc[c-]c3-c3ncc(n31)-c1ccccc1CC2.[Ir]. The van der Waals surface area contributed by atoms with Crippen LogP contribution in [0.2, 0.25) is 0 Å². The number of anilines is 1. The molecule has 5 aromatic carbocycles. The van der Waals surface area contributed by atoms with Crippen molar-refractivity contribution in [3.05, 3.63) is 162 Å². The zero-order valence-electron chi connectivity index (χ0n) is 32.3. The Morgan fingerprint density at radius 1 is 0.764 bits per heavy atom. The van der Waals surface area contributed by atoms with Crippen LogP contribution in [0.25, 0.3) is 50.3 Å². The maximum atomic E-state index is 4.96. The number of aromatic nitrogens is 4. The second-order valence-electron chi connectivity index (χ2n) is 15.9. The number of nitrogens with zero attached hydrogens (tertiary/aromatic N) is 5. The van der Waals surface area contributed by atoms with Crippen LogP contribution in [0.5, 0.6) is 0 Å². The standard InChI is InChI=1S/C27H25BN3.C21H19N2.Ir/c1-18(2)21-13-8-10-20-16-15-19-9-4-5-11-22(19)25-17-29-27-23-12-6-7-14-24(23)30(3)28(26(20)21)31(25)27;1-21(2,3)15-12-13-22-20(14-15)23-18-10-6-4-8-16(18)17-9-5-7-11-19(17)23;/h4-11,13-14,17-18H,15-16H2,1-3H3;4-10,12-14H,1-3H3;/q2*-1;. The zero-order chi connectivity index (χ0) is 37.1. The second kappa shape index (κ2) is 14.4. The van der Waals surface area contributed by atoms with Crippen LogP contribution in [0.4, 0.5) is 5.69 Å². The van der Waals surface area contributed by atoms with Gasteiger partial charge in [-0.15, -0.1) is 29.7 Å². The van der Waals surface area contributed by atoms with Crippen molar-refractivity contribution in [2.24, 2.45) is 0 Å². The molecule has 0 bridgehead atoms. The first-order valence-corrected chi connectivity index (χ1v) is 19.1. The third kappa shape index (κ3) is 6.24. The molecule has 55 heavy (non-hydrogen) atoms. The fourth-order valence-electron chi connectivity index (χ4n) is 8.54. The largest absolute Gasteiger partial charge is 0.436 e. The Bertz CT molecular complexity index is 2630. The predicted octanol–water partition coefficient (Wildman–Crippen LogP) is 10.2. The number of aryl methyl sites for hydroxylation is 2. The molecule has 1 radical (unpaired) electrons. The van der Waals surface area contributed by atoms with E-state index in [1.165, 1.54) is 61.0 Å². The molecule has 0 N–H and O–H groups in total. The van der Waals surface area contributed by atoms with Gasteiger partial charge in [0.05, 0.1) is 0 Å². The average molecular weight is 894 g/mol. The van der Waals surface area contributed by atoms with Gasteiger partial charge in [0.1, 0.15) is 5.82 Å². The van der Waals surface area contributed by atoms with Gasteiger partial charge in [-0.1, -0.05) is 112 Å². The molecular formula is C48H44BIrN5-2. The Balaban J connectivity index is 0.000000159. The molecule has 0 spiro atoms. The van der Waals surface area contributed by atoms with E-state index < -0.39 is 0 Å². The van der Waals surface area contributed by atoms with E-state index in [0.717, 1.165) is 35.6 Å². The number of hydrogen-bond donors (Lipinski definition) is 0. The summed E-state index contributed by atoms with van der Waals surface area (Å²) in [5.74, 6) is 2.41. The van der Waals surface area contributed by atoms with Gasteiger partial charge < -0.3 is 13.9 Å². The minimum absolute atomic E-state index is 0. The Morgan fingerprint density at radius 2 is 1.49 bits per heavy atom. The van der Waals surface area contributed by atoms with Gasteiger partial charge in [-0.25, -0.2) is 4.98 Å². The maximum Gasteiger partial charge on any atom is 0.399 e. The number of imidazole rings is 1. The Kier molecular flexibility index (Phi) is 9.65. The van der Waals surface area contributed by atoms with Crippen molar-refractivity contribution in [3.63, 3.8) is 0 Å². The summed E-state index contributed by atoms with van der Waals surface area (Å²) >= 11 is 0. The number of pyridine rings is 1. The molecule has 0 aliphatic carbocycles. The molecule has 8 aromatic rings. The molecule has 5 heterocycles. The number of benzene rings is 5. The van der Waals surface area contributed by atoms with Crippen LogP contribution < -0.4 is 10.3 Å². The summed E-state index contributed by atoms with van der Waals surface area (Å²) in [6.45, 7) is 11.3. The van der Waals surface area contributed by atoms with Gasteiger partial charge in [-0.3, -0.25) is 4.98 Å². The number of fused-ring (bicyclic) bond motifs is 9. The zero-order valence-corrected chi connectivity index (χ0v) is 34.7. The number of hydrogen-bond acceptors (Lipinski definition) is 3. The van der Waals surface area contributed by atoms with Gasteiger partial charge >= 0.3 is 6.98 Å². The van der Waals surface area contributed by atoms with Crippen molar-refractivity contribution >= 4 is 39.9 Å². The van der Waals surface area contributed by atoms with Crippen molar-refractivity contribution in [2.75, 3.05) is 11.9 Å². The first-order chi connectivity index (χ1) is 26.2. The van der Waals surface area contributed by atoms with Gasteiger partial charge in [0.2, 0.25) is 0 Å². The molecule has 0 atom stereocenters. The Hall–Kier alpha value is -5.23. The number of para-hydroxylation sites is 2. The monoisotopic (exact) mass is 894 g/mol. The fraction of sp³-hybridized carbons (Fsp3) is 0.208. The molecule has 2 aliphatic heterocycles. The Morgan fingerprint density at radius 3 is 2.33 bits per heavy atom. The molecule has 275 valence electrons. The van der Waals surface area contributed by atoms with Crippen LogP contribution >= 0.6 is 0 Å². The van der Waals surface area contributed by atoms with E-state index in [9.17, 15) is 0 Å². The molecule has 2 aliphatic rings. The normalized spacial score (nSPS) is 13.1. The van der Waals surface area contributed by atoms with Crippen molar-refractivity contribution in [3.8, 4) is 28.5 Å². The summed E-state index contributed by atoms with van der Waals surface area (Å²) in [6, 6.07) is 47.7.